The quantitative estimate of drug-likeness (QED) is 0.335. The Balaban J connectivity index is 3.41. The van der Waals surface area contributed by atoms with Crippen LogP contribution < -0.4 is 0 Å². The number of ketones is 1. The lowest BCUT2D eigenvalue weighted by molar-refractivity contribution is -0.146. The van der Waals surface area contributed by atoms with Crippen LogP contribution in [-0.2, 0) is 9.59 Å². The highest BCUT2D eigenvalue weighted by Crippen LogP contribution is 2.34. The van der Waals surface area contributed by atoms with Gasteiger partial charge in [-0.05, 0) is 18.2 Å². The fraction of sp³-hybridized carbons (Fsp3) is 0. The molecule has 21 heavy (non-hydrogen) atoms. The Morgan fingerprint density at radius 2 is 1.48 bits per heavy atom. The first-order chi connectivity index (χ1) is 9.66. The summed E-state index contributed by atoms with van der Waals surface area (Å²) in [6.07, 6.45) is 0. The van der Waals surface area contributed by atoms with Gasteiger partial charge >= 0.3 is 5.97 Å². The number of hydrogen-bond donors (Lipinski definition) is 2. The van der Waals surface area contributed by atoms with Crippen molar-refractivity contribution in [2.75, 3.05) is 0 Å². The Bertz CT molecular complexity index is 678. The summed E-state index contributed by atoms with van der Waals surface area (Å²) in [5, 5.41) is 16.9. The second kappa shape index (κ2) is 7.38. The SMILES string of the molecule is O=C(O)C(=O)/C(Cl)=C(Cl)/C(Cl)=C(\O)c1cc(Cl)ccc1Cl. The molecule has 4 nitrogen and oxygen atoms in total. The maximum atomic E-state index is 11.2. The van der Waals surface area contributed by atoms with E-state index in [1.807, 2.05) is 0 Å². The number of benzene rings is 1. The monoisotopic (exact) mass is 388 g/mol. The van der Waals surface area contributed by atoms with Gasteiger partial charge in [0.25, 0.3) is 5.78 Å². The molecule has 1 aromatic carbocycles. The summed E-state index contributed by atoms with van der Waals surface area (Å²) in [6.45, 7) is 0. The van der Waals surface area contributed by atoms with Gasteiger partial charge in [0.2, 0.25) is 0 Å². The van der Waals surface area contributed by atoms with Gasteiger partial charge in [-0.15, -0.1) is 0 Å². The van der Waals surface area contributed by atoms with Crippen molar-refractivity contribution in [2.24, 2.45) is 0 Å². The minimum atomic E-state index is -1.82. The van der Waals surface area contributed by atoms with Crippen LogP contribution in [0.3, 0.4) is 0 Å². The second-order valence-electron chi connectivity index (χ2n) is 3.55. The molecule has 0 saturated heterocycles. The smallest absolute Gasteiger partial charge is 0.378 e. The van der Waals surface area contributed by atoms with Crippen molar-refractivity contribution in [1.82, 2.24) is 0 Å². The molecule has 0 aliphatic rings. The Morgan fingerprint density at radius 3 is 2.00 bits per heavy atom. The number of allylic oxidation sites excluding steroid dienone is 2. The molecule has 0 fully saturated rings. The zero-order chi connectivity index (χ0) is 16.3. The number of rotatable bonds is 4. The van der Waals surface area contributed by atoms with Crippen LogP contribution in [0.15, 0.2) is 33.3 Å². The number of halogens is 5. The van der Waals surface area contributed by atoms with Crippen LogP contribution in [0.2, 0.25) is 10.0 Å². The molecule has 0 spiro atoms. The molecule has 0 atom stereocenters. The van der Waals surface area contributed by atoms with Crippen molar-refractivity contribution >= 4 is 75.5 Å². The molecule has 0 aliphatic carbocycles. The molecular weight excluding hydrogens is 385 g/mol. The summed E-state index contributed by atoms with van der Waals surface area (Å²) >= 11 is 28.6. The lowest BCUT2D eigenvalue weighted by Crippen LogP contribution is -2.13. The van der Waals surface area contributed by atoms with Crippen LogP contribution in [-0.4, -0.2) is 22.0 Å². The van der Waals surface area contributed by atoms with Gasteiger partial charge in [0.15, 0.2) is 0 Å². The van der Waals surface area contributed by atoms with Gasteiger partial charge in [-0.2, -0.15) is 0 Å². The van der Waals surface area contributed by atoms with Crippen molar-refractivity contribution in [3.05, 3.63) is 48.9 Å². The number of hydrogen-bond acceptors (Lipinski definition) is 3. The Hall–Kier alpha value is -0.910. The third kappa shape index (κ3) is 4.28. The van der Waals surface area contributed by atoms with E-state index in [2.05, 4.69) is 0 Å². The fourth-order valence-electron chi connectivity index (χ4n) is 1.19. The highest BCUT2D eigenvalue weighted by atomic mass is 35.5. The molecule has 0 unspecified atom stereocenters. The van der Waals surface area contributed by atoms with E-state index in [0.29, 0.717) is 0 Å². The van der Waals surface area contributed by atoms with Crippen LogP contribution in [0.5, 0.6) is 0 Å². The third-order valence-corrected chi connectivity index (χ3v) is 4.04. The molecule has 1 rings (SSSR count). The summed E-state index contributed by atoms with van der Waals surface area (Å²) in [5.41, 5.74) is 0.0413. The standard InChI is InChI=1S/C12H5Cl5O4/c13-4-1-2-6(14)5(3-4)10(18)8(16)7(15)9(17)11(19)12(20)21/h1-3,18H,(H,20,21)/b9-7+,10-8+. The van der Waals surface area contributed by atoms with Gasteiger partial charge in [-0.25, -0.2) is 4.79 Å². The van der Waals surface area contributed by atoms with E-state index in [-0.39, 0.29) is 15.6 Å². The van der Waals surface area contributed by atoms with E-state index in [1.54, 1.807) is 0 Å². The van der Waals surface area contributed by atoms with Crippen LogP contribution in [0, 0.1) is 0 Å². The van der Waals surface area contributed by atoms with Crippen molar-refractivity contribution in [3.63, 3.8) is 0 Å². The number of aliphatic carboxylic acids is 1. The highest BCUT2D eigenvalue weighted by Gasteiger charge is 2.23. The Morgan fingerprint density at radius 1 is 0.905 bits per heavy atom. The number of carboxylic acids is 1. The first-order valence-corrected chi connectivity index (χ1v) is 6.93. The van der Waals surface area contributed by atoms with E-state index in [0.717, 1.165) is 0 Å². The molecule has 0 aromatic heterocycles. The van der Waals surface area contributed by atoms with Gasteiger partial charge in [-0.3, -0.25) is 4.79 Å². The van der Waals surface area contributed by atoms with Gasteiger partial charge in [0.05, 0.1) is 10.1 Å². The largest absolute Gasteiger partial charge is 0.506 e. The van der Waals surface area contributed by atoms with Gasteiger partial charge in [0.1, 0.15) is 15.8 Å². The normalized spacial score (nSPS) is 13.4. The fourth-order valence-corrected chi connectivity index (χ4v) is 2.17. The number of carbonyl (C=O) groups is 2. The van der Waals surface area contributed by atoms with Crippen molar-refractivity contribution < 1.29 is 19.8 Å². The summed E-state index contributed by atoms with van der Waals surface area (Å²) in [6, 6.07) is 4.19. The first kappa shape index (κ1) is 18.1. The summed E-state index contributed by atoms with van der Waals surface area (Å²) in [7, 11) is 0. The topological polar surface area (TPSA) is 74.6 Å². The molecule has 9 heteroatoms. The molecule has 0 saturated carbocycles. The predicted octanol–water partition coefficient (Wildman–Crippen LogP) is 4.80. The maximum absolute atomic E-state index is 11.2. The van der Waals surface area contributed by atoms with Crippen LogP contribution in [0.4, 0.5) is 0 Å². The number of aliphatic hydroxyl groups excluding tert-OH is 1. The van der Waals surface area contributed by atoms with E-state index >= 15 is 0 Å². The Kier molecular flexibility index (Phi) is 6.38. The molecule has 1 aromatic rings. The second-order valence-corrected chi connectivity index (χ2v) is 5.53. The van der Waals surface area contributed by atoms with Gasteiger partial charge < -0.3 is 10.2 Å². The van der Waals surface area contributed by atoms with Crippen LogP contribution >= 0.6 is 58.0 Å². The average molecular weight is 390 g/mol. The van der Waals surface area contributed by atoms with Crippen molar-refractivity contribution in [1.29, 1.82) is 0 Å². The van der Waals surface area contributed by atoms with Gasteiger partial charge in [-0.1, -0.05) is 58.0 Å². The summed E-state index contributed by atoms with van der Waals surface area (Å²) in [4.78, 5) is 21.7. The van der Waals surface area contributed by atoms with Crippen molar-refractivity contribution in [2.45, 2.75) is 0 Å². The average Bonchev–Trinajstić information content (AvgIpc) is 2.45. The van der Waals surface area contributed by atoms with Gasteiger partial charge in [0, 0.05) is 10.6 Å². The molecule has 0 radical (unpaired) electrons. The number of Topliss-reactive ketones (excluding diaryl/α,β-unsaturated/α-hetero) is 1. The van der Waals surface area contributed by atoms with Crippen LogP contribution in [0.1, 0.15) is 5.56 Å². The number of aliphatic hydroxyl groups is 1. The summed E-state index contributed by atoms with van der Waals surface area (Å²) in [5.74, 6) is -3.89. The van der Waals surface area contributed by atoms with E-state index < -0.39 is 32.6 Å². The van der Waals surface area contributed by atoms with Crippen molar-refractivity contribution in [3.8, 4) is 0 Å². The molecule has 0 heterocycles. The van der Waals surface area contributed by atoms with Crippen LogP contribution in [0.25, 0.3) is 5.76 Å². The minimum Gasteiger partial charge on any atom is -0.506 e. The number of carboxylic acid groups (broad SMARTS) is 1. The maximum Gasteiger partial charge on any atom is 0.378 e. The van der Waals surface area contributed by atoms with E-state index in [1.165, 1.54) is 18.2 Å². The number of carbonyl (C=O) groups excluding carboxylic acids is 1. The Labute approximate surface area is 144 Å². The molecule has 0 bridgehead atoms. The van der Waals surface area contributed by atoms with E-state index in [9.17, 15) is 14.7 Å². The summed E-state index contributed by atoms with van der Waals surface area (Å²) < 4.78 is 0. The predicted molar refractivity (Wildman–Crippen MR) is 83.2 cm³/mol. The molecule has 0 aliphatic heterocycles. The highest BCUT2D eigenvalue weighted by molar-refractivity contribution is 6.61. The molecule has 112 valence electrons. The molecule has 0 amide bonds. The van der Waals surface area contributed by atoms with E-state index in [4.69, 9.17) is 63.1 Å². The molecular formula is C12H5Cl5O4. The minimum absolute atomic E-state index is 0.0413. The lowest BCUT2D eigenvalue weighted by Gasteiger charge is -2.07. The third-order valence-electron chi connectivity index (χ3n) is 2.17. The first-order valence-electron chi connectivity index (χ1n) is 5.04. The molecule has 2 N–H and O–H groups in total. The lowest BCUT2D eigenvalue weighted by atomic mass is 10.1. The zero-order valence-corrected chi connectivity index (χ0v) is 13.6. The zero-order valence-electron chi connectivity index (χ0n) is 9.83.